The van der Waals surface area contributed by atoms with Crippen LogP contribution < -0.4 is 9.47 Å². The van der Waals surface area contributed by atoms with Crippen molar-refractivity contribution in [2.24, 2.45) is 7.05 Å². The van der Waals surface area contributed by atoms with Crippen LogP contribution in [0.4, 0.5) is 5.69 Å². The first-order valence-electron chi connectivity index (χ1n) is 6.07. The largest absolute Gasteiger partial charge is 0.490 e. The predicted octanol–water partition coefficient (Wildman–Crippen LogP) is 2.99. The van der Waals surface area contributed by atoms with E-state index in [1.807, 2.05) is 14.0 Å². The Balaban J connectivity index is 2.20. The van der Waals surface area contributed by atoms with Gasteiger partial charge in [0.05, 0.1) is 34.0 Å². The van der Waals surface area contributed by atoms with Crippen LogP contribution in [0.25, 0.3) is 0 Å². The first-order valence-corrected chi connectivity index (χ1v) is 6.86. The molecule has 1 heterocycles. The molecular weight excluding hydrogens is 342 g/mol. The molecule has 0 saturated carbocycles. The van der Waals surface area contributed by atoms with Crippen molar-refractivity contribution in [2.45, 2.75) is 13.5 Å². The van der Waals surface area contributed by atoms with Gasteiger partial charge < -0.3 is 9.47 Å². The monoisotopic (exact) mass is 355 g/mol. The average Bonchev–Trinajstić information content (AvgIpc) is 2.70. The Hall–Kier alpha value is -2.09. The molecule has 0 saturated heterocycles. The molecule has 1 aromatic heterocycles. The molecule has 2 aromatic rings. The van der Waals surface area contributed by atoms with Gasteiger partial charge in [0, 0.05) is 7.05 Å². The van der Waals surface area contributed by atoms with Gasteiger partial charge >= 0.3 is 5.69 Å². The molecule has 0 aliphatic rings. The molecule has 0 spiro atoms. The van der Waals surface area contributed by atoms with Gasteiger partial charge in [0.25, 0.3) is 0 Å². The first kappa shape index (κ1) is 15.3. The fraction of sp³-hybridized carbons (Fsp3) is 0.308. The number of ether oxygens (including phenoxy) is 2. The lowest BCUT2D eigenvalue weighted by molar-refractivity contribution is -0.385. The zero-order chi connectivity index (χ0) is 15.6. The molecule has 0 N–H and O–H groups in total. The number of benzene rings is 1. The van der Waals surface area contributed by atoms with Crippen molar-refractivity contribution in [3.05, 3.63) is 44.2 Å². The zero-order valence-electron chi connectivity index (χ0n) is 11.8. The van der Waals surface area contributed by atoms with Crippen molar-refractivity contribution >= 4 is 21.6 Å². The molecule has 0 aliphatic heterocycles. The third-order valence-electron chi connectivity index (χ3n) is 2.98. The number of nitro benzene ring substituents is 1. The molecule has 0 bridgehead atoms. The second kappa shape index (κ2) is 6.13. The Morgan fingerprint density at radius 1 is 1.48 bits per heavy atom. The highest BCUT2D eigenvalue weighted by Gasteiger charge is 2.17. The fourth-order valence-corrected chi connectivity index (χ4v) is 2.34. The van der Waals surface area contributed by atoms with Gasteiger partial charge in [-0.05, 0) is 35.0 Å². The van der Waals surface area contributed by atoms with E-state index in [4.69, 9.17) is 9.47 Å². The number of rotatable bonds is 5. The number of methoxy groups -OCH3 is 1. The van der Waals surface area contributed by atoms with Crippen LogP contribution >= 0.6 is 15.9 Å². The van der Waals surface area contributed by atoms with Crippen molar-refractivity contribution in [3.63, 3.8) is 0 Å². The third kappa shape index (κ3) is 3.15. The maximum absolute atomic E-state index is 11.0. The van der Waals surface area contributed by atoms with Crippen LogP contribution in [0.15, 0.2) is 22.7 Å². The molecule has 0 unspecified atom stereocenters. The van der Waals surface area contributed by atoms with Crippen molar-refractivity contribution in [3.8, 4) is 11.5 Å². The molecule has 0 radical (unpaired) electrons. The van der Waals surface area contributed by atoms with Crippen LogP contribution in [0.5, 0.6) is 11.5 Å². The highest BCUT2D eigenvalue weighted by molar-refractivity contribution is 9.10. The van der Waals surface area contributed by atoms with Crippen molar-refractivity contribution in [2.75, 3.05) is 7.11 Å². The Morgan fingerprint density at radius 3 is 2.71 bits per heavy atom. The minimum absolute atomic E-state index is 0.129. The summed E-state index contributed by atoms with van der Waals surface area (Å²) < 4.78 is 13.1. The van der Waals surface area contributed by atoms with Gasteiger partial charge in [-0.25, -0.2) is 0 Å². The van der Waals surface area contributed by atoms with Gasteiger partial charge in [-0.3, -0.25) is 14.8 Å². The fourth-order valence-electron chi connectivity index (χ4n) is 1.89. The van der Waals surface area contributed by atoms with Crippen LogP contribution in [0.1, 0.15) is 11.4 Å². The molecule has 1 aromatic carbocycles. The summed E-state index contributed by atoms with van der Waals surface area (Å²) in [5.41, 5.74) is 1.58. The van der Waals surface area contributed by atoms with E-state index in [-0.39, 0.29) is 18.0 Å². The smallest absolute Gasteiger partial charge is 0.314 e. The van der Waals surface area contributed by atoms with Gasteiger partial charge in [0.1, 0.15) is 12.4 Å². The summed E-state index contributed by atoms with van der Waals surface area (Å²) in [5.74, 6) is 0.596. The Labute approximate surface area is 129 Å². The van der Waals surface area contributed by atoms with Crippen LogP contribution in [0.2, 0.25) is 0 Å². The standard InChI is InChI=1S/C13H14BrN3O4/c1-8-13(14)11(16(2)15-8)7-21-9-4-5-12(20-3)10(6-9)17(18)19/h4-6H,7H2,1-3H3. The zero-order valence-corrected chi connectivity index (χ0v) is 13.4. The Kier molecular flexibility index (Phi) is 4.46. The van der Waals surface area contributed by atoms with Gasteiger partial charge in [0.2, 0.25) is 0 Å². The van der Waals surface area contributed by atoms with Crippen LogP contribution in [0, 0.1) is 17.0 Å². The van der Waals surface area contributed by atoms with E-state index < -0.39 is 4.92 Å². The second-order valence-corrected chi connectivity index (χ2v) is 5.14. The molecular formula is C13H14BrN3O4. The van der Waals surface area contributed by atoms with E-state index in [2.05, 4.69) is 21.0 Å². The van der Waals surface area contributed by atoms with Crippen LogP contribution in [-0.4, -0.2) is 21.8 Å². The van der Waals surface area contributed by atoms with Crippen molar-refractivity contribution in [1.29, 1.82) is 0 Å². The Morgan fingerprint density at radius 2 is 2.19 bits per heavy atom. The van der Waals surface area contributed by atoms with E-state index in [9.17, 15) is 10.1 Å². The van der Waals surface area contributed by atoms with Gasteiger partial charge in [0.15, 0.2) is 5.75 Å². The molecule has 0 aliphatic carbocycles. The molecule has 0 amide bonds. The second-order valence-electron chi connectivity index (χ2n) is 4.35. The van der Waals surface area contributed by atoms with E-state index in [0.717, 1.165) is 15.9 Å². The van der Waals surface area contributed by atoms with Crippen LogP contribution in [-0.2, 0) is 13.7 Å². The molecule has 7 nitrogen and oxygen atoms in total. The van der Waals surface area contributed by atoms with E-state index in [1.165, 1.54) is 19.2 Å². The number of hydrogen-bond donors (Lipinski definition) is 0. The first-order chi connectivity index (χ1) is 9.93. The summed E-state index contributed by atoms with van der Waals surface area (Å²) in [6.45, 7) is 2.13. The van der Waals surface area contributed by atoms with Crippen LogP contribution in [0.3, 0.4) is 0 Å². The summed E-state index contributed by atoms with van der Waals surface area (Å²) in [7, 11) is 3.20. The SMILES string of the molecule is COc1ccc(OCc2c(Br)c(C)nn2C)cc1[N+](=O)[O-]. The Bertz CT molecular complexity index is 684. The number of aromatic nitrogens is 2. The number of hydrogen-bond acceptors (Lipinski definition) is 5. The lowest BCUT2D eigenvalue weighted by atomic mass is 10.3. The van der Waals surface area contributed by atoms with E-state index in [1.54, 1.807) is 10.7 Å². The maximum atomic E-state index is 11.0. The van der Waals surface area contributed by atoms with Crippen molar-refractivity contribution < 1.29 is 14.4 Å². The summed E-state index contributed by atoms with van der Waals surface area (Å²) in [4.78, 5) is 10.5. The summed E-state index contributed by atoms with van der Waals surface area (Å²) >= 11 is 3.44. The molecule has 21 heavy (non-hydrogen) atoms. The minimum Gasteiger partial charge on any atom is -0.490 e. The number of nitro groups is 1. The lowest BCUT2D eigenvalue weighted by Crippen LogP contribution is -2.04. The molecule has 0 fully saturated rings. The summed E-state index contributed by atoms with van der Waals surface area (Å²) in [5, 5.41) is 15.2. The number of halogens is 1. The highest BCUT2D eigenvalue weighted by Crippen LogP contribution is 2.31. The topological polar surface area (TPSA) is 79.4 Å². The predicted molar refractivity (Wildman–Crippen MR) is 79.6 cm³/mol. The molecule has 2 rings (SSSR count). The third-order valence-corrected chi connectivity index (χ3v) is 4.02. The summed E-state index contributed by atoms with van der Waals surface area (Å²) in [6.07, 6.45) is 0. The minimum atomic E-state index is -0.504. The van der Waals surface area contributed by atoms with E-state index >= 15 is 0 Å². The molecule has 0 atom stereocenters. The average molecular weight is 356 g/mol. The van der Waals surface area contributed by atoms with E-state index in [0.29, 0.717) is 5.75 Å². The summed E-state index contributed by atoms with van der Waals surface area (Å²) in [6, 6.07) is 4.48. The number of nitrogens with zero attached hydrogens (tertiary/aromatic N) is 3. The van der Waals surface area contributed by atoms with Gasteiger partial charge in [-0.2, -0.15) is 5.10 Å². The van der Waals surface area contributed by atoms with Gasteiger partial charge in [-0.1, -0.05) is 0 Å². The molecule has 112 valence electrons. The normalized spacial score (nSPS) is 10.5. The molecule has 8 heteroatoms. The highest BCUT2D eigenvalue weighted by atomic mass is 79.9. The maximum Gasteiger partial charge on any atom is 0.314 e. The lowest BCUT2D eigenvalue weighted by Gasteiger charge is -2.08. The van der Waals surface area contributed by atoms with Crippen molar-refractivity contribution in [1.82, 2.24) is 9.78 Å². The van der Waals surface area contributed by atoms with Gasteiger partial charge in [-0.15, -0.1) is 0 Å². The quantitative estimate of drug-likeness (QED) is 0.608. The number of aryl methyl sites for hydroxylation is 2.